The fourth-order valence-electron chi connectivity index (χ4n) is 3.51. The molecular formula is C21H29N5O2. The quantitative estimate of drug-likeness (QED) is 0.792. The molecule has 0 bridgehead atoms. The first kappa shape index (κ1) is 19.9. The number of anilines is 2. The third-order valence-corrected chi connectivity index (χ3v) is 4.98. The van der Waals surface area contributed by atoms with Gasteiger partial charge in [-0.1, -0.05) is 12.1 Å². The molecular weight excluding hydrogens is 354 g/mol. The van der Waals surface area contributed by atoms with Crippen LogP contribution in [-0.2, 0) is 11.3 Å². The number of rotatable bonds is 7. The smallest absolute Gasteiger partial charge is 0.223 e. The van der Waals surface area contributed by atoms with Crippen LogP contribution in [0.2, 0.25) is 0 Å². The minimum absolute atomic E-state index is 0.0405. The average Bonchev–Trinajstić information content (AvgIpc) is 2.72. The van der Waals surface area contributed by atoms with Crippen LogP contribution < -0.4 is 19.9 Å². The molecule has 1 N–H and O–H groups in total. The summed E-state index contributed by atoms with van der Waals surface area (Å²) in [7, 11) is 3.96. The van der Waals surface area contributed by atoms with Gasteiger partial charge in [-0.2, -0.15) is 0 Å². The summed E-state index contributed by atoms with van der Waals surface area (Å²) in [6.45, 7) is 4.77. The lowest BCUT2D eigenvalue weighted by Crippen LogP contribution is -2.41. The Morgan fingerprint density at radius 1 is 1.32 bits per heavy atom. The number of piperidine rings is 1. The Hall–Kier alpha value is -2.83. The average molecular weight is 383 g/mol. The van der Waals surface area contributed by atoms with Crippen LogP contribution >= 0.6 is 0 Å². The molecule has 2 aromatic rings. The maximum Gasteiger partial charge on any atom is 0.223 e. The van der Waals surface area contributed by atoms with E-state index in [2.05, 4.69) is 20.2 Å². The van der Waals surface area contributed by atoms with Crippen molar-refractivity contribution in [2.45, 2.75) is 26.3 Å². The van der Waals surface area contributed by atoms with E-state index in [1.807, 2.05) is 56.4 Å². The number of carbonyl (C=O) groups is 1. The Morgan fingerprint density at radius 3 is 2.82 bits per heavy atom. The second-order valence-electron chi connectivity index (χ2n) is 7.19. The van der Waals surface area contributed by atoms with Crippen LogP contribution in [0.3, 0.4) is 0 Å². The van der Waals surface area contributed by atoms with Gasteiger partial charge >= 0.3 is 0 Å². The zero-order chi connectivity index (χ0) is 19.9. The number of ether oxygens (including phenoxy) is 1. The molecule has 28 heavy (non-hydrogen) atoms. The number of hydrogen-bond acceptors (Lipinski definition) is 6. The van der Waals surface area contributed by atoms with Crippen LogP contribution in [0.5, 0.6) is 5.75 Å². The predicted octanol–water partition coefficient (Wildman–Crippen LogP) is 2.47. The van der Waals surface area contributed by atoms with Crippen LogP contribution in [0.25, 0.3) is 0 Å². The first-order valence-electron chi connectivity index (χ1n) is 9.80. The van der Waals surface area contributed by atoms with Crippen molar-refractivity contribution in [3.8, 4) is 5.75 Å². The molecule has 1 aromatic heterocycles. The molecule has 1 aliphatic heterocycles. The van der Waals surface area contributed by atoms with Crippen molar-refractivity contribution in [3.05, 3.63) is 42.4 Å². The summed E-state index contributed by atoms with van der Waals surface area (Å²) in [4.78, 5) is 25.4. The van der Waals surface area contributed by atoms with Crippen molar-refractivity contribution >= 4 is 17.4 Å². The monoisotopic (exact) mass is 383 g/mol. The van der Waals surface area contributed by atoms with E-state index in [1.165, 1.54) is 0 Å². The summed E-state index contributed by atoms with van der Waals surface area (Å²) < 4.78 is 5.52. The highest BCUT2D eigenvalue weighted by atomic mass is 16.5. The van der Waals surface area contributed by atoms with E-state index < -0.39 is 0 Å². The lowest BCUT2D eigenvalue weighted by Gasteiger charge is -2.34. The van der Waals surface area contributed by atoms with E-state index in [0.717, 1.165) is 48.7 Å². The standard InChI is InChI=1S/C21H29N5O2/c1-4-28-18-7-5-6-16(12-18)13-23-21(27)17-8-10-26(11-9-17)19-14-22-15-24-20(19)25(2)3/h5-7,12,14-15,17H,4,8-11,13H2,1-3H3,(H,23,27). The molecule has 7 nitrogen and oxygen atoms in total. The van der Waals surface area contributed by atoms with Crippen molar-refractivity contribution < 1.29 is 9.53 Å². The van der Waals surface area contributed by atoms with Crippen LogP contribution in [-0.4, -0.2) is 49.7 Å². The van der Waals surface area contributed by atoms with Crippen LogP contribution in [0, 0.1) is 5.92 Å². The number of hydrogen-bond donors (Lipinski definition) is 1. The molecule has 1 amide bonds. The van der Waals surface area contributed by atoms with Gasteiger partial charge in [0.25, 0.3) is 0 Å². The van der Waals surface area contributed by atoms with Gasteiger partial charge in [-0.05, 0) is 37.5 Å². The first-order valence-corrected chi connectivity index (χ1v) is 9.80. The van der Waals surface area contributed by atoms with Crippen molar-refractivity contribution in [1.29, 1.82) is 0 Å². The Bertz CT molecular complexity index is 788. The highest BCUT2D eigenvalue weighted by Crippen LogP contribution is 2.29. The molecule has 0 unspecified atom stereocenters. The Labute approximate surface area is 166 Å². The highest BCUT2D eigenvalue weighted by molar-refractivity contribution is 5.79. The summed E-state index contributed by atoms with van der Waals surface area (Å²) >= 11 is 0. The van der Waals surface area contributed by atoms with Gasteiger partial charge in [0.15, 0.2) is 5.82 Å². The van der Waals surface area contributed by atoms with Gasteiger partial charge in [0, 0.05) is 39.6 Å². The van der Waals surface area contributed by atoms with Crippen LogP contribution in [0.4, 0.5) is 11.5 Å². The van der Waals surface area contributed by atoms with Gasteiger partial charge in [0.1, 0.15) is 12.1 Å². The number of amides is 1. The lowest BCUT2D eigenvalue weighted by molar-refractivity contribution is -0.125. The number of benzene rings is 1. The van der Waals surface area contributed by atoms with Crippen molar-refractivity contribution in [3.63, 3.8) is 0 Å². The largest absolute Gasteiger partial charge is 0.494 e. The van der Waals surface area contributed by atoms with Gasteiger partial charge < -0.3 is 19.9 Å². The first-order chi connectivity index (χ1) is 13.6. The third kappa shape index (κ3) is 4.91. The van der Waals surface area contributed by atoms with E-state index in [1.54, 1.807) is 6.33 Å². The summed E-state index contributed by atoms with van der Waals surface area (Å²) in [6, 6.07) is 7.86. The van der Waals surface area contributed by atoms with Crippen LogP contribution in [0.15, 0.2) is 36.8 Å². The molecule has 1 fully saturated rings. The molecule has 150 valence electrons. The van der Waals surface area contributed by atoms with E-state index in [4.69, 9.17) is 4.74 Å². The second kappa shape index (κ2) is 9.39. The molecule has 2 heterocycles. The summed E-state index contributed by atoms with van der Waals surface area (Å²) in [6.07, 6.45) is 5.08. The molecule has 0 saturated carbocycles. The SMILES string of the molecule is CCOc1cccc(CNC(=O)C2CCN(c3cncnc3N(C)C)CC2)c1. The third-order valence-electron chi connectivity index (χ3n) is 4.98. The second-order valence-corrected chi connectivity index (χ2v) is 7.19. The van der Waals surface area contributed by atoms with Gasteiger partial charge in [-0.3, -0.25) is 4.79 Å². The normalized spacial score (nSPS) is 14.6. The number of carbonyl (C=O) groups excluding carboxylic acids is 1. The molecule has 0 aliphatic carbocycles. The fraction of sp³-hybridized carbons (Fsp3) is 0.476. The molecule has 1 saturated heterocycles. The van der Waals surface area contributed by atoms with Crippen molar-refractivity contribution in [1.82, 2.24) is 15.3 Å². The van der Waals surface area contributed by atoms with Crippen LogP contribution in [0.1, 0.15) is 25.3 Å². The molecule has 1 aliphatic rings. The molecule has 7 heteroatoms. The lowest BCUT2D eigenvalue weighted by atomic mass is 9.95. The molecule has 0 spiro atoms. The van der Waals surface area contributed by atoms with E-state index >= 15 is 0 Å². The highest BCUT2D eigenvalue weighted by Gasteiger charge is 2.26. The van der Waals surface area contributed by atoms with Gasteiger partial charge in [0.2, 0.25) is 5.91 Å². The summed E-state index contributed by atoms with van der Waals surface area (Å²) in [5, 5.41) is 3.08. The minimum atomic E-state index is 0.0405. The topological polar surface area (TPSA) is 70.6 Å². The van der Waals surface area contributed by atoms with Crippen molar-refractivity contribution in [2.75, 3.05) is 43.6 Å². The zero-order valence-corrected chi connectivity index (χ0v) is 16.9. The number of nitrogens with one attached hydrogen (secondary N) is 1. The molecule has 0 atom stereocenters. The van der Waals surface area contributed by atoms with E-state index in [-0.39, 0.29) is 11.8 Å². The molecule has 1 aromatic carbocycles. The van der Waals surface area contributed by atoms with E-state index in [9.17, 15) is 4.79 Å². The fourth-order valence-corrected chi connectivity index (χ4v) is 3.51. The number of aromatic nitrogens is 2. The van der Waals surface area contributed by atoms with Gasteiger partial charge in [0.05, 0.1) is 18.5 Å². The van der Waals surface area contributed by atoms with Gasteiger partial charge in [-0.25, -0.2) is 9.97 Å². The minimum Gasteiger partial charge on any atom is -0.494 e. The maximum atomic E-state index is 12.6. The molecule has 3 rings (SSSR count). The zero-order valence-electron chi connectivity index (χ0n) is 16.9. The summed E-state index contributed by atoms with van der Waals surface area (Å²) in [5.74, 6) is 1.91. The van der Waals surface area contributed by atoms with Gasteiger partial charge in [-0.15, -0.1) is 0 Å². The van der Waals surface area contributed by atoms with E-state index in [0.29, 0.717) is 13.2 Å². The van der Waals surface area contributed by atoms with Crippen molar-refractivity contribution in [2.24, 2.45) is 5.92 Å². The predicted molar refractivity (Wildman–Crippen MR) is 111 cm³/mol. The Morgan fingerprint density at radius 2 is 2.11 bits per heavy atom. The maximum absolute atomic E-state index is 12.6. The Balaban J connectivity index is 1.52. The summed E-state index contributed by atoms with van der Waals surface area (Å²) in [5.41, 5.74) is 2.08. The Kier molecular flexibility index (Phi) is 6.68. The number of nitrogens with zero attached hydrogens (tertiary/aromatic N) is 4. The molecule has 0 radical (unpaired) electrons.